The van der Waals surface area contributed by atoms with Gasteiger partial charge in [-0.05, 0) is 137 Å². The molecule has 12 aromatic rings. The Morgan fingerprint density at radius 3 is 1.28 bits per heavy atom. The van der Waals surface area contributed by atoms with Crippen LogP contribution in [0.3, 0.4) is 0 Å². The van der Waals surface area contributed by atoms with Crippen molar-refractivity contribution in [3.05, 3.63) is 228 Å². The van der Waals surface area contributed by atoms with Crippen molar-refractivity contribution in [2.75, 3.05) is 26.7 Å². The van der Waals surface area contributed by atoms with Crippen molar-refractivity contribution in [1.82, 2.24) is 59.1 Å². The quantitative estimate of drug-likeness (QED) is 0.0581. The predicted molar refractivity (Wildman–Crippen MR) is 401 cm³/mol. The number of ether oxygens (including phenoxy) is 6. The summed E-state index contributed by atoms with van der Waals surface area (Å²) in [5.41, 5.74) is 18.6. The normalized spacial score (nSPS) is 12.0. The zero-order valence-corrected chi connectivity index (χ0v) is 63.2. The molecule has 5 aliphatic rings. The van der Waals surface area contributed by atoms with Crippen molar-refractivity contribution in [2.24, 2.45) is 40.4 Å². The Morgan fingerprint density at radius 2 is 0.888 bits per heavy atom. The first-order valence-corrected chi connectivity index (χ1v) is 35.5. The number of nitroso groups, excluding NO2 is 1. The van der Waals surface area contributed by atoms with Crippen molar-refractivity contribution in [1.29, 1.82) is 0 Å². The maximum Gasteiger partial charge on any atom is 0.371 e. The minimum Gasteiger partial charge on any atom is -0.488 e. The third kappa shape index (κ3) is 16.7. The van der Waals surface area contributed by atoms with E-state index in [0.29, 0.717) is 84.9 Å². The molecule has 0 unspecified atom stereocenters. The van der Waals surface area contributed by atoms with E-state index in [-0.39, 0.29) is 18.3 Å². The molecular formula is C77H77Br2N13O15. The van der Waals surface area contributed by atoms with Crippen LogP contribution < -0.4 is 29.0 Å². The highest BCUT2D eigenvalue weighted by molar-refractivity contribution is 9.10. The lowest BCUT2D eigenvalue weighted by molar-refractivity contribution is 0.0514. The van der Waals surface area contributed by atoms with E-state index in [1.54, 1.807) is 33.3 Å². The first-order chi connectivity index (χ1) is 51.8. The standard InChI is InChI=1S/C19H18BrN3O3.C14H17N3O.C14H14N2O3.C12H12N2O2.C12H10N2O2.C5H3BrO3.CH3NO/c1-3-23(19(24)16-8-9-17(20)26-16)10-14-13-11-25-15-7-5-4-6-12(15)18(13)22(2)21-14;1-3-15-8-12-11-9-18-13-7-5-4-6-10(13)14(11)17(2)16-12;1-3-18-14(17)12-10-8-19-11-7-5-4-6-9(11)13(10)16(2)15-12;2*1-14-12-8-4-2-3-5-11(8)16-7-9(12)10(6-15)13-14;6-4-2-1-3(9-4)5(7)8;1-2-3/h4-9H,3,10-11H2,1-2H3;4-7,15H,3,8-9H2,1-2H3;4-7H,3,8H2,1-2H3;2-5,15H,6-7H2,1H3;2-6H,7H2,1H3;1-2H,(H,7,8);1H3. The van der Waals surface area contributed by atoms with Crippen molar-refractivity contribution in [3.63, 3.8) is 0 Å². The largest absolute Gasteiger partial charge is 0.488 e. The number of esters is 1. The number of aryl methyl sites for hydroxylation is 5. The Kier molecular flexibility index (Phi) is 24.9. The molecule has 0 saturated carbocycles. The van der Waals surface area contributed by atoms with Crippen LogP contribution in [0.25, 0.3) is 56.3 Å². The van der Waals surface area contributed by atoms with Crippen LogP contribution in [-0.2, 0) is 92.7 Å². The van der Waals surface area contributed by atoms with Gasteiger partial charge in [-0.3, -0.25) is 33.0 Å². The molecule has 1 amide bonds. The van der Waals surface area contributed by atoms with Crippen LogP contribution in [0.15, 0.2) is 169 Å². The van der Waals surface area contributed by atoms with E-state index in [9.17, 15) is 24.3 Å². The van der Waals surface area contributed by atoms with Gasteiger partial charge in [0.05, 0.1) is 77.9 Å². The summed E-state index contributed by atoms with van der Waals surface area (Å²) in [6.45, 7) is 11.1. The maximum absolute atomic E-state index is 12.7. The summed E-state index contributed by atoms with van der Waals surface area (Å²) in [4.78, 5) is 55.8. The summed E-state index contributed by atoms with van der Waals surface area (Å²) >= 11 is 6.21. The van der Waals surface area contributed by atoms with Gasteiger partial charge in [-0.2, -0.15) is 30.4 Å². The number of carboxylic acids is 1. The van der Waals surface area contributed by atoms with Gasteiger partial charge in [-0.25, -0.2) is 9.59 Å². The van der Waals surface area contributed by atoms with E-state index in [2.05, 4.69) is 85.3 Å². The molecule has 0 bridgehead atoms. The molecule has 7 aromatic heterocycles. The fourth-order valence-electron chi connectivity index (χ4n) is 12.8. The lowest BCUT2D eigenvalue weighted by atomic mass is 10.0. The molecule has 12 heterocycles. The van der Waals surface area contributed by atoms with Gasteiger partial charge in [-0.15, -0.1) is 0 Å². The highest BCUT2D eigenvalue weighted by atomic mass is 79.9. The minimum absolute atomic E-state index is 0.0469. The molecule has 0 fully saturated rings. The zero-order chi connectivity index (χ0) is 76.0. The van der Waals surface area contributed by atoms with Crippen LogP contribution in [0.1, 0.15) is 108 Å². The van der Waals surface area contributed by atoms with Crippen LogP contribution in [0.5, 0.6) is 28.7 Å². The molecule has 0 spiro atoms. The Bertz CT molecular complexity index is 5200. The molecule has 17 rings (SSSR count). The average molecular weight is 1580 g/mol. The third-order valence-corrected chi connectivity index (χ3v) is 18.3. The minimum atomic E-state index is -1.05. The number of carbonyl (C=O) groups excluding carboxylic acids is 3. The molecule has 0 radical (unpaired) electrons. The number of hydrogen-bond acceptors (Lipinski definition) is 21. The number of para-hydroxylation sites is 5. The molecule has 28 nitrogen and oxygen atoms in total. The number of nitrogens with zero attached hydrogens (tertiary/aromatic N) is 12. The first-order valence-electron chi connectivity index (χ1n) is 33.9. The number of nitrogens with one attached hydrogen (secondary N) is 1. The number of hydrogen-bond donors (Lipinski definition) is 3. The molecule has 5 aromatic carbocycles. The molecule has 107 heavy (non-hydrogen) atoms. The maximum atomic E-state index is 12.7. The number of halogens is 2. The van der Waals surface area contributed by atoms with Crippen molar-refractivity contribution in [3.8, 4) is 85.0 Å². The van der Waals surface area contributed by atoms with E-state index < -0.39 is 11.9 Å². The topological polar surface area (TPSA) is 324 Å². The molecule has 30 heteroatoms. The Morgan fingerprint density at radius 1 is 0.523 bits per heavy atom. The molecular weight excluding hydrogens is 1510 g/mol. The van der Waals surface area contributed by atoms with Crippen LogP contribution in [0.4, 0.5) is 0 Å². The highest BCUT2D eigenvalue weighted by Gasteiger charge is 2.32. The van der Waals surface area contributed by atoms with Gasteiger partial charge in [-0.1, -0.05) is 72.8 Å². The van der Waals surface area contributed by atoms with E-state index in [0.717, 1.165) is 132 Å². The smallest absolute Gasteiger partial charge is 0.371 e. The molecule has 0 aliphatic carbocycles. The van der Waals surface area contributed by atoms with E-state index in [4.69, 9.17) is 42.9 Å². The van der Waals surface area contributed by atoms with Crippen molar-refractivity contribution < 1.29 is 66.6 Å². The van der Waals surface area contributed by atoms with Gasteiger partial charge in [0.25, 0.3) is 5.91 Å². The number of aromatic carboxylic acids is 1. The fraction of sp³-hybridized carbons (Fsp3) is 0.260. The summed E-state index contributed by atoms with van der Waals surface area (Å²) in [7, 11) is 10.7. The molecule has 554 valence electrons. The Hall–Kier alpha value is -11.7. The summed E-state index contributed by atoms with van der Waals surface area (Å²) in [5, 5.41) is 45.1. The van der Waals surface area contributed by atoms with Gasteiger partial charge in [0.1, 0.15) is 67.5 Å². The summed E-state index contributed by atoms with van der Waals surface area (Å²) in [6, 6.07) is 45.8. The fourth-order valence-corrected chi connectivity index (χ4v) is 13.4. The van der Waals surface area contributed by atoms with E-state index in [1.165, 1.54) is 30.4 Å². The van der Waals surface area contributed by atoms with Crippen LogP contribution in [0, 0.1) is 4.91 Å². The summed E-state index contributed by atoms with van der Waals surface area (Å²) < 4.78 is 53.7. The van der Waals surface area contributed by atoms with Gasteiger partial charge < -0.3 is 57.7 Å². The Balaban J connectivity index is 0.000000129. The second-order valence-corrected chi connectivity index (χ2v) is 25.6. The molecule has 0 saturated heterocycles. The van der Waals surface area contributed by atoms with Crippen LogP contribution in [-0.4, -0.2) is 115 Å². The van der Waals surface area contributed by atoms with Gasteiger partial charge in [0.2, 0.25) is 5.76 Å². The number of benzene rings is 5. The number of aldehydes is 1. The second-order valence-electron chi connectivity index (χ2n) is 24.0. The predicted octanol–water partition coefficient (Wildman–Crippen LogP) is 13.6. The SMILES string of the molecule is CCN(Cc1nn(C)c2c1COc1ccccc1-2)C(=O)c1ccc(Br)o1.CCNCc1nn(C)c2c1COc1ccccc1-2.CCOC(=O)c1nn(C)c2c1COc1ccccc1-2.CN=O.Cn1nc(C=O)c2c1-c1ccccc1OC2.Cn1nc(CO)c2c1-c1ccccc1OC2.O=C(O)c1ccc(Br)o1. The zero-order valence-electron chi connectivity index (χ0n) is 60.0. The third-order valence-electron chi connectivity index (χ3n) is 17.4. The summed E-state index contributed by atoms with van der Waals surface area (Å²) in [5.74, 6) is 2.98. The number of aliphatic hydroxyl groups is 1. The van der Waals surface area contributed by atoms with E-state index in [1.807, 2.05) is 171 Å². The number of amides is 1. The number of carbonyl (C=O) groups is 4. The first kappa shape index (κ1) is 76.4. The van der Waals surface area contributed by atoms with Gasteiger partial charge in [0.15, 0.2) is 27.1 Å². The van der Waals surface area contributed by atoms with Gasteiger partial charge >= 0.3 is 11.9 Å². The monoisotopic (exact) mass is 1580 g/mol. The lowest BCUT2D eigenvalue weighted by Crippen LogP contribution is -2.30. The second kappa shape index (κ2) is 34.9. The number of fused-ring (bicyclic) bond motifs is 15. The van der Waals surface area contributed by atoms with Crippen molar-refractivity contribution in [2.45, 2.75) is 73.5 Å². The van der Waals surface area contributed by atoms with Gasteiger partial charge in [0, 0.05) is 98.4 Å². The molecule has 0 atom stereocenters. The number of aliphatic hydroxyl groups excluding tert-OH is 1. The highest BCUT2D eigenvalue weighted by Crippen LogP contribution is 2.43. The molecule has 3 N–H and O–H groups in total. The Labute approximate surface area is 631 Å². The van der Waals surface area contributed by atoms with Crippen LogP contribution >= 0.6 is 31.9 Å². The molecule has 5 aliphatic heterocycles. The number of furan rings is 2. The van der Waals surface area contributed by atoms with E-state index >= 15 is 0 Å². The summed E-state index contributed by atoms with van der Waals surface area (Å²) in [6.07, 6.45) is 0.774. The van der Waals surface area contributed by atoms with Crippen molar-refractivity contribution >= 4 is 56.0 Å². The average Bonchev–Trinajstić information content (AvgIpc) is 1.67. The van der Waals surface area contributed by atoms with Crippen LogP contribution in [0.2, 0.25) is 0 Å². The number of rotatable bonds is 12. The number of aromatic nitrogens is 10. The number of carboxylic acid groups (broad SMARTS) is 1. The lowest BCUT2D eigenvalue weighted by Gasteiger charge is -2.21.